The minimum Gasteiger partial charge on any atom is -0.431 e. The lowest BCUT2D eigenvalue weighted by Gasteiger charge is -2.31. The molecule has 2 rings (SSSR count). The third-order valence-electron chi connectivity index (χ3n) is 2.94. The van der Waals surface area contributed by atoms with Gasteiger partial charge in [-0.25, -0.2) is 12.7 Å². The summed E-state index contributed by atoms with van der Waals surface area (Å²) in [5.41, 5.74) is 0. The number of nitrogens with one attached hydrogen (secondary N) is 2. The Hall–Kier alpha value is -1.70. The predicted molar refractivity (Wildman–Crippen MR) is 68.8 cm³/mol. The van der Waals surface area contributed by atoms with E-state index >= 15 is 0 Å². The maximum absolute atomic E-state index is 11.9. The van der Waals surface area contributed by atoms with Crippen molar-refractivity contribution in [1.82, 2.24) is 14.9 Å². The maximum Gasteiger partial charge on any atom is 0.251 e. The minimum absolute atomic E-state index is 0.0864. The van der Waals surface area contributed by atoms with Crippen LogP contribution in [0, 0.1) is 0 Å². The molecule has 2 aliphatic rings. The largest absolute Gasteiger partial charge is 0.431 e. The molecule has 0 amide bonds. The monoisotopic (exact) mass is 287 g/mol. The lowest BCUT2D eigenvalue weighted by atomic mass is 10.2. The van der Waals surface area contributed by atoms with Crippen molar-refractivity contribution < 1.29 is 17.9 Å². The molecule has 0 aromatic rings. The topological polar surface area (TPSA) is 87.7 Å². The van der Waals surface area contributed by atoms with Crippen LogP contribution < -0.4 is 10.6 Å². The highest BCUT2D eigenvalue weighted by atomic mass is 32.2. The fraction of sp³-hybridized carbons (Fsp3) is 0.545. The van der Waals surface area contributed by atoms with Crippen molar-refractivity contribution in [2.75, 3.05) is 12.8 Å². The van der Waals surface area contributed by atoms with E-state index < -0.39 is 10.0 Å². The summed E-state index contributed by atoms with van der Waals surface area (Å²) in [6.45, 7) is 3.77. The maximum atomic E-state index is 11.9. The summed E-state index contributed by atoms with van der Waals surface area (Å²) in [6.07, 6.45) is 3.18. The van der Waals surface area contributed by atoms with E-state index in [4.69, 9.17) is 4.74 Å². The fourth-order valence-corrected chi connectivity index (χ4v) is 3.23. The first-order valence-electron chi connectivity index (χ1n) is 5.93. The molecule has 19 heavy (non-hydrogen) atoms. The van der Waals surface area contributed by atoms with Crippen molar-refractivity contribution in [3.63, 3.8) is 0 Å². The van der Waals surface area contributed by atoms with E-state index in [1.807, 2.05) is 0 Å². The first-order valence-corrected chi connectivity index (χ1v) is 7.78. The van der Waals surface area contributed by atoms with E-state index in [2.05, 4.69) is 10.6 Å². The molecule has 7 nitrogen and oxygen atoms in total. The third-order valence-corrected chi connectivity index (χ3v) is 4.18. The van der Waals surface area contributed by atoms with Gasteiger partial charge in [-0.2, -0.15) is 0 Å². The molecular weight excluding hydrogens is 270 g/mol. The second kappa shape index (κ2) is 4.76. The number of ether oxygens (including phenoxy) is 1. The number of Topliss-reactive ketones (excluding diaryl/α,β-unsaturated/α-hetero) is 1. The number of hydrogen-bond acceptors (Lipinski definition) is 6. The average Bonchev–Trinajstić information content (AvgIpc) is 2.44. The van der Waals surface area contributed by atoms with Gasteiger partial charge < -0.3 is 15.4 Å². The third kappa shape index (κ3) is 2.67. The molecule has 2 heterocycles. The Morgan fingerprint density at radius 3 is 2.79 bits per heavy atom. The molecule has 1 atom stereocenters. The van der Waals surface area contributed by atoms with Crippen LogP contribution in [-0.4, -0.2) is 37.3 Å². The van der Waals surface area contributed by atoms with Crippen LogP contribution in [0.15, 0.2) is 23.7 Å². The van der Waals surface area contributed by atoms with Crippen molar-refractivity contribution in [2.45, 2.75) is 26.3 Å². The molecule has 0 saturated carbocycles. The van der Waals surface area contributed by atoms with Crippen molar-refractivity contribution >= 4 is 15.8 Å². The van der Waals surface area contributed by atoms with Crippen molar-refractivity contribution in [3.05, 3.63) is 23.7 Å². The Balaban J connectivity index is 2.43. The predicted octanol–water partition coefficient (Wildman–Crippen LogP) is -0.193. The van der Waals surface area contributed by atoms with Gasteiger partial charge in [0.1, 0.15) is 0 Å². The number of rotatable bonds is 2. The van der Waals surface area contributed by atoms with E-state index in [1.54, 1.807) is 6.92 Å². The minimum atomic E-state index is -3.49. The lowest BCUT2D eigenvalue weighted by Crippen LogP contribution is -2.40. The zero-order valence-electron chi connectivity index (χ0n) is 11.1. The number of carbonyl (C=O) groups is 1. The van der Waals surface area contributed by atoms with Gasteiger partial charge in [0.25, 0.3) is 5.88 Å². The molecule has 2 N–H and O–H groups in total. The van der Waals surface area contributed by atoms with Gasteiger partial charge in [-0.3, -0.25) is 4.79 Å². The van der Waals surface area contributed by atoms with Gasteiger partial charge in [0.05, 0.1) is 6.26 Å². The van der Waals surface area contributed by atoms with Crippen LogP contribution in [0.4, 0.5) is 0 Å². The van der Waals surface area contributed by atoms with Gasteiger partial charge in [0.2, 0.25) is 10.0 Å². The van der Waals surface area contributed by atoms with Crippen LogP contribution in [0.1, 0.15) is 20.3 Å². The van der Waals surface area contributed by atoms with Gasteiger partial charge in [-0.15, -0.1) is 0 Å². The Kier molecular flexibility index (Phi) is 3.44. The van der Waals surface area contributed by atoms with Gasteiger partial charge in [0, 0.05) is 25.7 Å². The lowest BCUT2D eigenvalue weighted by molar-refractivity contribution is -0.116. The van der Waals surface area contributed by atoms with E-state index in [0.29, 0.717) is 18.8 Å². The van der Waals surface area contributed by atoms with Crippen molar-refractivity contribution in [3.8, 4) is 0 Å². The summed E-state index contributed by atoms with van der Waals surface area (Å²) in [6, 6.07) is -0.247. The number of hydrogen-bond donors (Lipinski definition) is 2. The summed E-state index contributed by atoms with van der Waals surface area (Å²) in [5.74, 6) is 0.396. The highest BCUT2D eigenvalue weighted by molar-refractivity contribution is 7.88. The summed E-state index contributed by atoms with van der Waals surface area (Å²) >= 11 is 0. The van der Waals surface area contributed by atoms with Crippen molar-refractivity contribution in [1.29, 1.82) is 0 Å². The second-order valence-electron chi connectivity index (χ2n) is 4.61. The molecule has 0 spiro atoms. The van der Waals surface area contributed by atoms with Crippen LogP contribution in [0.25, 0.3) is 0 Å². The standard InChI is InChI=1S/C11H17N3O4S/c1-7-4-5-12-10-11(14(7)19(3,16)17)18-9(6-13-10)8(2)15/h6-7,12-13H,4-5H2,1-3H3. The number of carbonyl (C=O) groups excluding carboxylic acids is 1. The molecule has 2 aliphatic heterocycles. The van der Waals surface area contributed by atoms with Crippen LogP contribution in [-0.2, 0) is 19.6 Å². The number of ketones is 1. The molecule has 0 saturated heterocycles. The summed E-state index contributed by atoms with van der Waals surface area (Å²) in [5, 5.41) is 5.93. The first-order chi connectivity index (χ1) is 8.80. The van der Waals surface area contributed by atoms with Gasteiger partial charge in [-0.05, 0) is 13.3 Å². The second-order valence-corrected chi connectivity index (χ2v) is 6.47. The van der Waals surface area contributed by atoms with Crippen LogP contribution in [0.5, 0.6) is 0 Å². The van der Waals surface area contributed by atoms with Crippen molar-refractivity contribution in [2.24, 2.45) is 0 Å². The van der Waals surface area contributed by atoms with Gasteiger partial charge in [-0.1, -0.05) is 0 Å². The molecule has 1 unspecified atom stereocenters. The average molecular weight is 287 g/mol. The molecule has 0 aromatic heterocycles. The van der Waals surface area contributed by atoms with Gasteiger partial charge in [0.15, 0.2) is 17.4 Å². The highest BCUT2D eigenvalue weighted by Gasteiger charge is 2.34. The molecule has 8 heteroatoms. The SMILES string of the molecule is CC(=O)C1=CNC2=C(O1)N(S(C)(=O)=O)C(C)CCN2. The first kappa shape index (κ1) is 13.7. The van der Waals surface area contributed by atoms with Gasteiger partial charge >= 0.3 is 0 Å². The van der Waals surface area contributed by atoms with E-state index in [0.717, 1.165) is 6.26 Å². The number of sulfonamides is 1. The highest BCUT2D eigenvalue weighted by Crippen LogP contribution is 2.26. The molecule has 0 fully saturated rings. The zero-order valence-corrected chi connectivity index (χ0v) is 11.9. The molecular formula is C11H17N3O4S. The van der Waals surface area contributed by atoms with E-state index in [1.165, 1.54) is 17.4 Å². The molecule has 0 bridgehead atoms. The number of nitrogens with zero attached hydrogens (tertiary/aromatic N) is 1. The van der Waals surface area contributed by atoms with E-state index in [-0.39, 0.29) is 23.5 Å². The van der Waals surface area contributed by atoms with Crippen LogP contribution in [0.2, 0.25) is 0 Å². The Morgan fingerprint density at radius 1 is 1.53 bits per heavy atom. The summed E-state index contributed by atoms with van der Waals surface area (Å²) < 4.78 is 30.5. The molecule has 0 radical (unpaired) electrons. The molecule has 0 aliphatic carbocycles. The summed E-state index contributed by atoms with van der Waals surface area (Å²) in [7, 11) is -3.49. The molecule has 0 aromatic carbocycles. The van der Waals surface area contributed by atoms with Crippen LogP contribution in [0.3, 0.4) is 0 Å². The quantitative estimate of drug-likeness (QED) is 0.732. The Labute approximate surface area is 112 Å². The zero-order chi connectivity index (χ0) is 14.2. The Bertz CT molecular complexity index is 564. The fourth-order valence-electron chi connectivity index (χ4n) is 2.04. The summed E-state index contributed by atoms with van der Waals surface area (Å²) in [4.78, 5) is 11.4. The van der Waals surface area contributed by atoms with E-state index in [9.17, 15) is 13.2 Å². The smallest absolute Gasteiger partial charge is 0.251 e. The normalized spacial score (nSPS) is 23.4. The Morgan fingerprint density at radius 2 is 2.21 bits per heavy atom. The van der Waals surface area contributed by atoms with Crippen LogP contribution >= 0.6 is 0 Å². The molecule has 106 valence electrons. The number of allylic oxidation sites excluding steroid dienone is 1.